The number of rotatable bonds is 25. The fourth-order valence-corrected chi connectivity index (χ4v) is 18.7. The Bertz CT molecular complexity index is 5590. The van der Waals surface area contributed by atoms with E-state index in [1.165, 1.54) is 15.9 Å². The Kier molecular flexibility index (Phi) is 26.9. The number of likely N-dealkylation sites (tertiary alicyclic amines) is 2. The van der Waals surface area contributed by atoms with Crippen LogP contribution in [0.3, 0.4) is 0 Å². The molecule has 0 bridgehead atoms. The minimum absolute atomic E-state index is 0. The molecule has 4 aromatic heterocycles. The van der Waals surface area contributed by atoms with Crippen molar-refractivity contribution in [3.8, 4) is 34.0 Å². The summed E-state index contributed by atoms with van der Waals surface area (Å²) in [4.78, 5) is 119. The number of benzene rings is 4. The molecule has 7 amide bonds. The molecule has 6 heterocycles. The molecule has 0 spiro atoms. The Balaban J connectivity index is 0.000000202. The van der Waals surface area contributed by atoms with Crippen molar-refractivity contribution in [3.63, 3.8) is 0 Å². The summed E-state index contributed by atoms with van der Waals surface area (Å²) in [5.41, 5.74) is 7.43. The van der Waals surface area contributed by atoms with Crippen molar-refractivity contribution in [1.82, 2.24) is 55.5 Å². The first-order valence-electron chi connectivity index (χ1n) is 41.0. The minimum atomic E-state index is -4.18. The largest absolute Gasteiger partial charge is 0.484 e. The monoisotopic (exact) mass is 1760 g/mol. The van der Waals surface area contributed by atoms with Crippen LogP contribution in [-0.2, 0) is 71.1 Å². The van der Waals surface area contributed by atoms with Gasteiger partial charge in [-0.1, -0.05) is 185 Å². The number of nitrogens with one attached hydrogen (secondary N) is 5. The van der Waals surface area contributed by atoms with Crippen molar-refractivity contribution in [2.75, 3.05) is 13.1 Å². The van der Waals surface area contributed by atoms with Gasteiger partial charge < -0.3 is 64.6 Å². The van der Waals surface area contributed by atoms with Gasteiger partial charge in [-0.05, 0) is 129 Å². The lowest BCUT2D eigenvalue weighted by Crippen LogP contribution is -2.60. The lowest BCUT2D eigenvalue weighted by molar-refractivity contribution is -0.150. The molecule has 4 saturated carbocycles. The van der Waals surface area contributed by atoms with E-state index in [-0.39, 0.29) is 62.7 Å². The number of ether oxygens (including phenoxy) is 4. The number of halogens is 1. The maximum absolute atomic E-state index is 14.8. The zero-order chi connectivity index (χ0) is 89.5. The van der Waals surface area contributed by atoms with Crippen LogP contribution in [0.15, 0.2) is 168 Å². The Morgan fingerprint density at radius 3 is 1.27 bits per heavy atom. The molecule has 4 aromatic carbocycles. The first-order chi connectivity index (χ1) is 57.6. The van der Waals surface area contributed by atoms with Gasteiger partial charge in [0.2, 0.25) is 48.9 Å². The minimum Gasteiger partial charge on any atom is -0.484 e. The van der Waals surface area contributed by atoms with Gasteiger partial charge in [-0.25, -0.2) is 41.2 Å². The molecular formula is C90H111ClN12O19S2. The highest BCUT2D eigenvalue weighted by Gasteiger charge is 2.65. The van der Waals surface area contributed by atoms with Crippen molar-refractivity contribution in [1.29, 1.82) is 0 Å². The number of fused-ring (bicyclic) bond motifs is 2. The first kappa shape index (κ1) is 93.4. The molecule has 8 aromatic rings. The number of sulfonamides is 2. The van der Waals surface area contributed by atoms with Crippen LogP contribution in [0.5, 0.6) is 11.5 Å². The van der Waals surface area contributed by atoms with E-state index in [2.05, 4.69) is 53.8 Å². The number of nitrogens with zero attached hydrogens (tertiary/aromatic N) is 6. The highest BCUT2D eigenvalue weighted by atomic mass is 35.5. The number of aliphatic carboxylic acids is 1. The summed E-state index contributed by atoms with van der Waals surface area (Å²) in [6, 6.07) is 36.5. The quantitative estimate of drug-likeness (QED) is 0.0261. The Hall–Kier alpha value is -11.3. The number of hydrogen-bond donors (Lipinski definition) is 7. The second-order valence-electron chi connectivity index (χ2n) is 37.0. The molecule has 31 nitrogen and oxygen atoms in total. The van der Waals surface area contributed by atoms with E-state index in [0.717, 1.165) is 22.3 Å². The summed E-state index contributed by atoms with van der Waals surface area (Å²) < 4.78 is 90.3. The topological polar surface area (TPSA) is 432 Å². The number of carbonyl (C=O) groups is 8. The van der Waals surface area contributed by atoms with Crippen molar-refractivity contribution in [2.45, 2.75) is 229 Å². The summed E-state index contributed by atoms with van der Waals surface area (Å²) in [5, 5.41) is 26.4. The molecule has 34 heteroatoms. The summed E-state index contributed by atoms with van der Waals surface area (Å²) >= 11 is 0. The summed E-state index contributed by atoms with van der Waals surface area (Å²) in [7, 11) is -7.91. The standard InChI is InChI=1S/C45H54N6O9S.C29H36N4O7.C16H20N2O3S.ClH/c1-9-30-25-45(30,40(54)50-61(56,57)44(20-21-44)24-28-16-12-10-13-17-28)48-38(52)33-22-31(26-51(33)39(53)37(42(3,4)5)47-41(55)59-43(6,7)8)58-34-23-32(29-18-14-11-15-19-29)46-35-27(2)49-60-36(34)35;1-16-22-23(40-32-16)21(14-19(30-22)17-11-9-8-10-12-17)38-18-13-20(26(35)36)33(15-18)25(34)24(28(2,3)4)31-27(37)39-29(5,6)7;1-2-13-11-16(13,17)14(19)18-22(20,21)15(8-9-15)10-12-6-4-3-5-7-12;/h9-19,23,30-31,33,37H,1,20-22,24-26H2,2-8H3,(H,47,55)(H,48,52)(H,50,54);8-12,14,18,20,24H,13,15H2,1-7H3,(H,31,37)(H,35,36);2-7,13H,1,8-11,17H2,(H,18,19);1H/t30-,31-,33+,37-,45-;18-,20+,24-;13-,16-;/m111./s1. The number of pyridine rings is 2. The van der Waals surface area contributed by atoms with Gasteiger partial charge in [-0.3, -0.25) is 33.4 Å². The van der Waals surface area contributed by atoms with Gasteiger partial charge in [0.15, 0.2) is 11.5 Å². The summed E-state index contributed by atoms with van der Waals surface area (Å²) in [5.74, 6) is -4.55. The van der Waals surface area contributed by atoms with Gasteiger partial charge in [-0.2, -0.15) is 0 Å². The number of carboxylic acids is 1. The number of carboxylic acid groups (broad SMARTS) is 1. The fraction of sp³-hybridized carbons (Fsp3) is 0.467. The average Bonchev–Trinajstić information content (AvgIpc) is 1.56. The molecule has 8 N–H and O–H groups in total. The van der Waals surface area contributed by atoms with E-state index >= 15 is 0 Å². The van der Waals surface area contributed by atoms with Crippen LogP contribution in [-0.4, -0.2) is 181 Å². The molecule has 2 aliphatic heterocycles. The van der Waals surface area contributed by atoms with Crippen molar-refractivity contribution < 1.29 is 88.3 Å². The maximum atomic E-state index is 14.8. The van der Waals surface area contributed by atoms with Crippen molar-refractivity contribution in [2.24, 2.45) is 28.4 Å². The van der Waals surface area contributed by atoms with Crippen LogP contribution in [0, 0.1) is 36.5 Å². The van der Waals surface area contributed by atoms with Gasteiger partial charge in [0.1, 0.15) is 81.1 Å². The molecule has 0 radical (unpaired) electrons. The van der Waals surface area contributed by atoms with E-state index in [1.54, 1.807) is 115 Å². The molecule has 10 atom stereocenters. The van der Waals surface area contributed by atoms with Crippen LogP contribution in [0.1, 0.15) is 157 Å². The predicted octanol–water partition coefficient (Wildman–Crippen LogP) is 11.9. The van der Waals surface area contributed by atoms with E-state index in [4.69, 9.17) is 38.7 Å². The van der Waals surface area contributed by atoms with Gasteiger partial charge in [0, 0.05) is 47.9 Å². The van der Waals surface area contributed by atoms with Crippen LogP contribution in [0.2, 0.25) is 0 Å². The first-order valence-corrected chi connectivity index (χ1v) is 44.0. The highest BCUT2D eigenvalue weighted by molar-refractivity contribution is 7.92. The van der Waals surface area contributed by atoms with Crippen LogP contribution < -0.4 is 40.6 Å². The molecule has 124 heavy (non-hydrogen) atoms. The third kappa shape index (κ3) is 21.0. The lowest BCUT2D eigenvalue weighted by atomic mass is 9.85. The number of aromatic nitrogens is 4. The molecule has 14 rings (SSSR count). The number of nitrogens with two attached hydrogens (primary N) is 1. The average molecular weight is 1760 g/mol. The number of amides is 7. The maximum Gasteiger partial charge on any atom is 0.408 e. The molecule has 6 fully saturated rings. The molecule has 4 aliphatic carbocycles. The molecule has 664 valence electrons. The second kappa shape index (κ2) is 35.7. The van der Waals surface area contributed by atoms with Gasteiger partial charge in [0.05, 0.1) is 34.0 Å². The highest BCUT2D eigenvalue weighted by Crippen LogP contribution is 2.51. The third-order valence-corrected chi connectivity index (χ3v) is 27.1. The SMILES string of the molecule is C=C[C@@H]1C[C@]1(N)C(=O)NS(=O)(=O)C1(Cc2ccccc2)CC1.C=C[C@@H]1C[C@]1(NC(=O)[C@@H]1C[C@@H](Oc2cc(-c3ccccc3)nc3c(C)noc23)CN1C(=O)[C@@H](NC(=O)OC(C)(C)C)C(C)(C)C)C(=O)NS(=O)(=O)C1(Cc2ccccc2)CC1.Cc1noc2c(O[C@@H]3C[C@@H](C(=O)O)N(C(=O)[C@@H](NC(=O)OC(C)(C)C)C(C)(C)C)C3)cc(-c3ccccc3)nc12.Cl. The van der Waals surface area contributed by atoms with Gasteiger partial charge in [0.25, 0.3) is 11.8 Å². The summed E-state index contributed by atoms with van der Waals surface area (Å²) in [6.45, 7) is 31.9. The Morgan fingerprint density at radius 2 is 0.927 bits per heavy atom. The van der Waals surface area contributed by atoms with E-state index in [1.807, 2.05) is 121 Å². The Morgan fingerprint density at radius 1 is 0.556 bits per heavy atom. The van der Waals surface area contributed by atoms with Gasteiger partial charge >= 0.3 is 18.2 Å². The third-order valence-electron chi connectivity index (χ3n) is 22.8. The van der Waals surface area contributed by atoms with E-state index in [9.17, 15) is 60.3 Å². The number of alkyl carbamates (subject to hydrolysis) is 2. The predicted molar refractivity (Wildman–Crippen MR) is 466 cm³/mol. The lowest BCUT2D eigenvalue weighted by Gasteiger charge is -2.36. The van der Waals surface area contributed by atoms with Crippen LogP contribution in [0.4, 0.5) is 9.59 Å². The normalized spacial score (nSPS) is 22.1. The smallest absolute Gasteiger partial charge is 0.408 e. The van der Waals surface area contributed by atoms with Crippen molar-refractivity contribution >= 4 is 102 Å². The molecule has 0 unspecified atom stereocenters. The number of carbonyl (C=O) groups excluding carboxylic acids is 7. The van der Waals surface area contributed by atoms with Crippen LogP contribution >= 0.6 is 12.4 Å². The number of aryl methyl sites for hydroxylation is 2. The summed E-state index contributed by atoms with van der Waals surface area (Å²) in [6.07, 6.45) is 3.17. The molecular weight excluding hydrogens is 1650 g/mol. The zero-order valence-corrected chi connectivity index (χ0v) is 74.6. The molecule has 6 aliphatic rings. The Labute approximate surface area is 728 Å². The molecule has 2 saturated heterocycles. The van der Waals surface area contributed by atoms with E-state index in [0.29, 0.717) is 89.4 Å². The fourth-order valence-electron chi connectivity index (χ4n) is 15.4. The van der Waals surface area contributed by atoms with E-state index < -0.39 is 153 Å². The zero-order valence-electron chi connectivity index (χ0n) is 72.2. The second-order valence-corrected chi connectivity index (χ2v) is 41.1. The van der Waals surface area contributed by atoms with Gasteiger partial charge in [-0.15, -0.1) is 25.6 Å². The number of hydrogen-bond acceptors (Lipinski definition) is 23. The van der Waals surface area contributed by atoms with Crippen LogP contribution in [0.25, 0.3) is 44.7 Å². The van der Waals surface area contributed by atoms with Crippen molar-refractivity contribution in [3.05, 3.63) is 181 Å².